The van der Waals surface area contributed by atoms with Crippen molar-refractivity contribution in [3.8, 4) is 0 Å². The predicted octanol–water partition coefficient (Wildman–Crippen LogP) is 0.409. The van der Waals surface area contributed by atoms with Crippen molar-refractivity contribution in [3.63, 3.8) is 0 Å². The van der Waals surface area contributed by atoms with E-state index in [0.717, 1.165) is 12.2 Å². The second kappa shape index (κ2) is 6.10. The number of likely N-dealkylation sites (N-methyl/N-ethyl adjacent to an activating group) is 1. The maximum Gasteiger partial charge on any atom is 0.257 e. The van der Waals surface area contributed by atoms with Gasteiger partial charge in [-0.2, -0.15) is 0 Å². The lowest BCUT2D eigenvalue weighted by Gasteiger charge is -2.18. The highest BCUT2D eigenvalue weighted by atomic mass is 16.5. The molecular weight excluding hydrogens is 194 g/mol. The van der Waals surface area contributed by atoms with Crippen molar-refractivity contribution >= 4 is 5.91 Å². The Kier molecular flexibility index (Phi) is 4.73. The normalized spacial score (nSPS) is 10.3. The van der Waals surface area contributed by atoms with Gasteiger partial charge in [-0.3, -0.25) is 19.9 Å². The van der Waals surface area contributed by atoms with Crippen molar-refractivity contribution < 1.29 is 10.0 Å². The second-order valence-corrected chi connectivity index (χ2v) is 3.16. The molecule has 1 heterocycles. The van der Waals surface area contributed by atoms with Crippen LogP contribution in [0.3, 0.4) is 0 Å². The van der Waals surface area contributed by atoms with Crippen molar-refractivity contribution in [2.75, 3.05) is 13.1 Å². The summed E-state index contributed by atoms with van der Waals surface area (Å²) in [6.07, 6.45) is 1.72. The highest BCUT2D eigenvalue weighted by Crippen LogP contribution is 1.99. The first-order valence-corrected chi connectivity index (χ1v) is 4.81. The molecule has 0 aliphatic carbocycles. The van der Waals surface area contributed by atoms with Gasteiger partial charge in [0, 0.05) is 12.7 Å². The highest BCUT2D eigenvalue weighted by Gasteiger charge is 2.08. The Morgan fingerprint density at radius 1 is 1.60 bits per heavy atom. The first-order valence-electron chi connectivity index (χ1n) is 4.81. The van der Waals surface area contributed by atoms with E-state index in [4.69, 9.17) is 5.21 Å². The van der Waals surface area contributed by atoms with Crippen LogP contribution in [-0.4, -0.2) is 34.1 Å². The summed E-state index contributed by atoms with van der Waals surface area (Å²) in [4.78, 5) is 17.0. The Morgan fingerprint density at radius 2 is 2.40 bits per heavy atom. The van der Waals surface area contributed by atoms with Gasteiger partial charge in [-0.25, -0.2) is 5.48 Å². The minimum atomic E-state index is -0.409. The van der Waals surface area contributed by atoms with E-state index in [9.17, 15) is 4.79 Å². The van der Waals surface area contributed by atoms with Crippen molar-refractivity contribution in [2.24, 2.45) is 0 Å². The summed E-state index contributed by atoms with van der Waals surface area (Å²) in [5, 5.41) is 8.40. The van der Waals surface area contributed by atoms with Crippen LogP contribution in [0.5, 0.6) is 0 Å². The summed E-state index contributed by atoms with van der Waals surface area (Å²) in [5.74, 6) is -0.409. The number of hydroxylamine groups is 1. The standard InChI is InChI=1S/C10H15N3O2/c1-2-13(8-10(14)12-15)7-9-5-3-4-6-11-9/h3-6,15H,2,7-8H2,1H3,(H,12,14). The molecule has 0 spiro atoms. The molecule has 0 radical (unpaired) electrons. The monoisotopic (exact) mass is 209 g/mol. The maximum atomic E-state index is 10.9. The summed E-state index contributed by atoms with van der Waals surface area (Å²) in [7, 11) is 0. The minimum absolute atomic E-state index is 0.170. The molecule has 0 bridgehead atoms. The Hall–Kier alpha value is -1.46. The minimum Gasteiger partial charge on any atom is -0.289 e. The molecule has 1 rings (SSSR count). The summed E-state index contributed by atoms with van der Waals surface area (Å²) >= 11 is 0. The van der Waals surface area contributed by atoms with Crippen molar-refractivity contribution in [3.05, 3.63) is 30.1 Å². The van der Waals surface area contributed by atoms with Crippen LogP contribution in [-0.2, 0) is 11.3 Å². The van der Waals surface area contributed by atoms with Crippen LogP contribution in [0.2, 0.25) is 0 Å². The molecular formula is C10H15N3O2. The van der Waals surface area contributed by atoms with Gasteiger partial charge in [-0.1, -0.05) is 13.0 Å². The summed E-state index contributed by atoms with van der Waals surface area (Å²) in [5.41, 5.74) is 2.52. The summed E-state index contributed by atoms with van der Waals surface area (Å²) in [6.45, 7) is 3.45. The molecule has 0 saturated carbocycles. The van der Waals surface area contributed by atoms with Gasteiger partial charge in [0.15, 0.2) is 0 Å². The maximum absolute atomic E-state index is 10.9. The fourth-order valence-corrected chi connectivity index (χ4v) is 1.24. The van der Waals surface area contributed by atoms with Crippen LogP contribution in [0.4, 0.5) is 0 Å². The number of hydrogen-bond acceptors (Lipinski definition) is 4. The Labute approximate surface area is 88.7 Å². The van der Waals surface area contributed by atoms with Crippen molar-refractivity contribution in [1.82, 2.24) is 15.4 Å². The largest absolute Gasteiger partial charge is 0.289 e. The van der Waals surface area contributed by atoms with E-state index >= 15 is 0 Å². The average molecular weight is 209 g/mol. The number of nitrogens with zero attached hydrogens (tertiary/aromatic N) is 2. The number of hydrogen-bond donors (Lipinski definition) is 2. The molecule has 5 heteroatoms. The molecule has 5 nitrogen and oxygen atoms in total. The van der Waals surface area contributed by atoms with E-state index in [-0.39, 0.29) is 6.54 Å². The van der Waals surface area contributed by atoms with Crippen LogP contribution in [0.15, 0.2) is 24.4 Å². The van der Waals surface area contributed by atoms with Gasteiger partial charge in [0.1, 0.15) is 0 Å². The molecule has 0 atom stereocenters. The molecule has 82 valence electrons. The van der Waals surface area contributed by atoms with Gasteiger partial charge >= 0.3 is 0 Å². The molecule has 2 N–H and O–H groups in total. The Bertz CT molecular complexity index is 303. The third-order valence-electron chi connectivity index (χ3n) is 2.05. The second-order valence-electron chi connectivity index (χ2n) is 3.16. The molecule has 15 heavy (non-hydrogen) atoms. The lowest BCUT2D eigenvalue weighted by Crippen LogP contribution is -2.35. The van der Waals surface area contributed by atoms with Gasteiger partial charge in [0.25, 0.3) is 5.91 Å². The van der Waals surface area contributed by atoms with E-state index in [1.807, 2.05) is 30.0 Å². The van der Waals surface area contributed by atoms with Crippen LogP contribution >= 0.6 is 0 Å². The fraction of sp³-hybridized carbons (Fsp3) is 0.400. The fourth-order valence-electron chi connectivity index (χ4n) is 1.24. The van der Waals surface area contributed by atoms with Crippen molar-refractivity contribution in [1.29, 1.82) is 0 Å². The number of amides is 1. The van der Waals surface area contributed by atoms with Gasteiger partial charge in [0.05, 0.1) is 12.2 Å². The summed E-state index contributed by atoms with van der Waals surface area (Å²) < 4.78 is 0. The molecule has 0 aliphatic rings. The van der Waals surface area contributed by atoms with E-state index in [2.05, 4.69) is 4.98 Å². The molecule has 0 aliphatic heterocycles. The molecule has 0 unspecified atom stereocenters. The molecule has 1 amide bonds. The van der Waals surface area contributed by atoms with E-state index < -0.39 is 5.91 Å². The summed E-state index contributed by atoms with van der Waals surface area (Å²) in [6, 6.07) is 5.65. The Morgan fingerprint density at radius 3 is 2.93 bits per heavy atom. The third-order valence-corrected chi connectivity index (χ3v) is 2.05. The number of carbonyl (C=O) groups is 1. The van der Waals surface area contributed by atoms with Crippen LogP contribution < -0.4 is 5.48 Å². The number of rotatable bonds is 5. The number of pyridine rings is 1. The lowest BCUT2D eigenvalue weighted by atomic mass is 10.3. The van der Waals surface area contributed by atoms with E-state index in [1.54, 1.807) is 11.7 Å². The quantitative estimate of drug-likeness (QED) is 0.544. The predicted molar refractivity (Wildman–Crippen MR) is 55.1 cm³/mol. The van der Waals surface area contributed by atoms with Gasteiger partial charge in [-0.05, 0) is 18.7 Å². The molecule has 1 aromatic rings. The van der Waals surface area contributed by atoms with Gasteiger partial charge in [0.2, 0.25) is 0 Å². The lowest BCUT2D eigenvalue weighted by molar-refractivity contribution is -0.130. The first-order chi connectivity index (χ1) is 7.26. The number of carbonyl (C=O) groups excluding carboxylic acids is 1. The van der Waals surface area contributed by atoms with Crippen molar-refractivity contribution in [2.45, 2.75) is 13.5 Å². The van der Waals surface area contributed by atoms with E-state index in [1.165, 1.54) is 0 Å². The zero-order valence-electron chi connectivity index (χ0n) is 8.68. The van der Waals surface area contributed by atoms with Gasteiger partial charge in [-0.15, -0.1) is 0 Å². The van der Waals surface area contributed by atoms with Gasteiger partial charge < -0.3 is 0 Å². The zero-order valence-corrected chi connectivity index (χ0v) is 8.68. The highest BCUT2D eigenvalue weighted by molar-refractivity contribution is 5.76. The third kappa shape index (κ3) is 4.05. The van der Waals surface area contributed by atoms with Crippen LogP contribution in [0.25, 0.3) is 0 Å². The molecule has 0 fully saturated rings. The number of nitrogens with one attached hydrogen (secondary N) is 1. The van der Waals surface area contributed by atoms with Crippen LogP contribution in [0, 0.1) is 0 Å². The van der Waals surface area contributed by atoms with E-state index in [0.29, 0.717) is 6.54 Å². The Balaban J connectivity index is 2.50. The number of aromatic nitrogens is 1. The topological polar surface area (TPSA) is 65.5 Å². The smallest absolute Gasteiger partial charge is 0.257 e. The zero-order chi connectivity index (χ0) is 11.1. The van der Waals surface area contributed by atoms with Crippen LogP contribution in [0.1, 0.15) is 12.6 Å². The average Bonchev–Trinajstić information content (AvgIpc) is 2.29. The molecule has 1 aromatic heterocycles. The SMILES string of the molecule is CCN(CC(=O)NO)Cc1ccccn1. The molecule has 0 aromatic carbocycles. The first kappa shape index (κ1) is 11.6. The molecule has 0 saturated heterocycles.